The Hall–Kier alpha value is -2.86. The molecule has 0 aliphatic rings. The van der Waals surface area contributed by atoms with E-state index in [1.807, 2.05) is 44.2 Å². The van der Waals surface area contributed by atoms with E-state index in [4.69, 9.17) is 11.6 Å². The van der Waals surface area contributed by atoms with Crippen LogP contribution in [-0.2, 0) is 6.54 Å². The van der Waals surface area contributed by atoms with Gasteiger partial charge in [0, 0.05) is 5.02 Å². The van der Waals surface area contributed by atoms with Crippen LogP contribution in [0.5, 0.6) is 0 Å². The molecule has 1 amide bonds. The van der Waals surface area contributed by atoms with Crippen molar-refractivity contribution in [3.63, 3.8) is 0 Å². The molecule has 0 unspecified atom stereocenters. The predicted octanol–water partition coefficient (Wildman–Crippen LogP) is 4.06. The number of hydrogen-bond donors (Lipinski definition) is 2. The normalized spacial score (nSPS) is 12.3. The third-order valence-electron chi connectivity index (χ3n) is 4.35. The van der Waals surface area contributed by atoms with Gasteiger partial charge in [-0.05, 0) is 29.7 Å². The second-order valence-corrected chi connectivity index (χ2v) is 7.12. The molecule has 3 rings (SSSR count). The highest BCUT2D eigenvalue weighted by Crippen LogP contribution is 2.23. The minimum Gasteiger partial charge on any atom is -0.465 e. The first-order valence-corrected chi connectivity index (χ1v) is 8.98. The molecule has 7 heteroatoms. The molecule has 2 aromatic carbocycles. The molecule has 140 valence electrons. The van der Waals surface area contributed by atoms with Gasteiger partial charge in [-0.1, -0.05) is 55.8 Å². The van der Waals surface area contributed by atoms with Crippen molar-refractivity contribution in [3.05, 3.63) is 75.3 Å². The Morgan fingerprint density at radius 1 is 1.22 bits per heavy atom. The number of rotatable bonds is 5. The van der Waals surface area contributed by atoms with E-state index in [-0.39, 0.29) is 11.5 Å². The molecule has 2 N–H and O–H groups in total. The van der Waals surface area contributed by atoms with Crippen LogP contribution in [0.2, 0.25) is 5.02 Å². The molecule has 1 heterocycles. The third-order valence-corrected chi connectivity index (χ3v) is 4.59. The number of nitrogens with zero attached hydrogens (tertiary/aromatic N) is 2. The van der Waals surface area contributed by atoms with E-state index >= 15 is 0 Å². The van der Waals surface area contributed by atoms with Gasteiger partial charge in [-0.25, -0.2) is 9.78 Å². The van der Waals surface area contributed by atoms with Crippen molar-refractivity contribution < 1.29 is 9.90 Å². The Morgan fingerprint density at radius 2 is 1.93 bits per heavy atom. The first-order valence-electron chi connectivity index (χ1n) is 8.60. The minimum absolute atomic E-state index is 0.105. The summed E-state index contributed by atoms with van der Waals surface area (Å²) < 4.78 is 1.53. The number of benzene rings is 2. The van der Waals surface area contributed by atoms with Crippen LogP contribution in [0.25, 0.3) is 10.9 Å². The van der Waals surface area contributed by atoms with Crippen LogP contribution in [0.15, 0.2) is 53.3 Å². The maximum absolute atomic E-state index is 13.2. The summed E-state index contributed by atoms with van der Waals surface area (Å²) in [5.74, 6) is 0.266. The largest absolute Gasteiger partial charge is 0.465 e. The van der Waals surface area contributed by atoms with Gasteiger partial charge in [-0.15, -0.1) is 0 Å². The fourth-order valence-electron chi connectivity index (χ4n) is 3.03. The molecule has 1 atom stereocenters. The number of carbonyl (C=O) groups is 1. The van der Waals surface area contributed by atoms with Crippen LogP contribution in [0, 0.1) is 5.92 Å². The summed E-state index contributed by atoms with van der Waals surface area (Å²) in [6.45, 7) is 4.05. The minimum atomic E-state index is -1.17. The highest BCUT2D eigenvalue weighted by atomic mass is 35.5. The zero-order valence-electron chi connectivity index (χ0n) is 15.0. The fourth-order valence-corrected chi connectivity index (χ4v) is 3.20. The monoisotopic (exact) mass is 385 g/mol. The number of carboxylic acid groups (broad SMARTS) is 1. The maximum atomic E-state index is 13.2. The molecule has 0 radical (unpaired) electrons. The van der Waals surface area contributed by atoms with Gasteiger partial charge < -0.3 is 10.4 Å². The summed E-state index contributed by atoms with van der Waals surface area (Å²) in [7, 11) is 0. The SMILES string of the molecule is CC(C)[C@H](NC(=O)O)c1nc2cc(Cl)ccc2c(=O)n1Cc1ccccc1. The van der Waals surface area contributed by atoms with Gasteiger partial charge in [0.15, 0.2) is 0 Å². The first kappa shape index (κ1) is 18.9. The Kier molecular flexibility index (Phi) is 5.46. The third kappa shape index (κ3) is 4.11. The summed E-state index contributed by atoms with van der Waals surface area (Å²) in [4.78, 5) is 29.1. The summed E-state index contributed by atoms with van der Waals surface area (Å²) in [5, 5.41) is 12.7. The molecular formula is C20H20ClN3O3. The van der Waals surface area contributed by atoms with Gasteiger partial charge in [0.2, 0.25) is 0 Å². The average molecular weight is 386 g/mol. The fraction of sp³-hybridized carbons (Fsp3) is 0.250. The van der Waals surface area contributed by atoms with Crippen molar-refractivity contribution in [2.24, 2.45) is 5.92 Å². The molecular weight excluding hydrogens is 366 g/mol. The molecule has 0 fully saturated rings. The van der Waals surface area contributed by atoms with E-state index in [0.717, 1.165) is 5.56 Å². The van der Waals surface area contributed by atoms with Crippen molar-refractivity contribution in [2.75, 3.05) is 0 Å². The lowest BCUT2D eigenvalue weighted by molar-refractivity contribution is 0.184. The summed E-state index contributed by atoms with van der Waals surface area (Å²) in [5.41, 5.74) is 1.15. The molecule has 0 spiro atoms. The van der Waals surface area contributed by atoms with Crippen molar-refractivity contribution in [2.45, 2.75) is 26.4 Å². The van der Waals surface area contributed by atoms with E-state index in [9.17, 15) is 14.7 Å². The van der Waals surface area contributed by atoms with Gasteiger partial charge in [-0.2, -0.15) is 0 Å². The first-order chi connectivity index (χ1) is 12.9. The number of aromatic nitrogens is 2. The lowest BCUT2D eigenvalue weighted by Crippen LogP contribution is -2.37. The number of amides is 1. The van der Waals surface area contributed by atoms with Gasteiger partial charge in [0.05, 0.1) is 23.5 Å². The molecule has 6 nitrogen and oxygen atoms in total. The topological polar surface area (TPSA) is 84.2 Å². The lowest BCUT2D eigenvalue weighted by atomic mass is 10.0. The maximum Gasteiger partial charge on any atom is 0.405 e. The smallest absolute Gasteiger partial charge is 0.405 e. The standard InChI is InChI=1S/C20H20ClN3O3/c1-12(2)17(23-20(26)27)18-22-16-10-14(21)8-9-15(16)19(25)24(18)11-13-6-4-3-5-7-13/h3-10,12,17,23H,11H2,1-2H3,(H,26,27)/t17-/m0/s1. The molecule has 1 aromatic heterocycles. The van der Waals surface area contributed by atoms with Crippen LogP contribution in [0.4, 0.5) is 4.79 Å². The van der Waals surface area contributed by atoms with Crippen LogP contribution >= 0.6 is 11.6 Å². The molecule has 3 aromatic rings. The average Bonchev–Trinajstić information content (AvgIpc) is 2.62. The van der Waals surface area contributed by atoms with Crippen LogP contribution in [0.3, 0.4) is 0 Å². The number of fused-ring (bicyclic) bond motifs is 1. The van der Waals surface area contributed by atoms with E-state index in [1.165, 1.54) is 4.57 Å². The number of nitrogens with one attached hydrogen (secondary N) is 1. The highest BCUT2D eigenvalue weighted by molar-refractivity contribution is 6.31. The molecule has 0 aliphatic heterocycles. The predicted molar refractivity (Wildman–Crippen MR) is 105 cm³/mol. The molecule has 27 heavy (non-hydrogen) atoms. The van der Waals surface area contributed by atoms with Crippen LogP contribution in [-0.4, -0.2) is 20.8 Å². The Balaban J connectivity index is 2.25. The number of hydrogen-bond acceptors (Lipinski definition) is 3. The van der Waals surface area contributed by atoms with Crippen LogP contribution in [0.1, 0.15) is 31.3 Å². The second-order valence-electron chi connectivity index (χ2n) is 6.68. The molecule has 0 saturated carbocycles. The highest BCUT2D eigenvalue weighted by Gasteiger charge is 2.25. The summed E-state index contributed by atoms with van der Waals surface area (Å²) >= 11 is 6.06. The number of halogens is 1. The van der Waals surface area contributed by atoms with Crippen LogP contribution < -0.4 is 10.9 Å². The summed E-state index contributed by atoms with van der Waals surface area (Å²) in [6.07, 6.45) is -1.17. The van der Waals surface area contributed by atoms with Gasteiger partial charge >= 0.3 is 6.09 Å². The van der Waals surface area contributed by atoms with E-state index in [2.05, 4.69) is 10.3 Å². The summed E-state index contributed by atoms with van der Waals surface area (Å²) in [6, 6.07) is 13.8. The second kappa shape index (κ2) is 7.80. The van der Waals surface area contributed by atoms with Crippen molar-refractivity contribution in [1.82, 2.24) is 14.9 Å². The Labute approximate surface area is 161 Å². The molecule has 0 aliphatic carbocycles. The zero-order chi connectivity index (χ0) is 19.6. The Bertz CT molecular complexity index is 1030. The van der Waals surface area contributed by atoms with E-state index in [0.29, 0.717) is 28.3 Å². The Morgan fingerprint density at radius 3 is 2.56 bits per heavy atom. The molecule has 0 saturated heterocycles. The van der Waals surface area contributed by atoms with Gasteiger partial charge in [0.25, 0.3) is 5.56 Å². The molecule has 0 bridgehead atoms. The lowest BCUT2D eigenvalue weighted by Gasteiger charge is -2.24. The zero-order valence-corrected chi connectivity index (χ0v) is 15.8. The van der Waals surface area contributed by atoms with E-state index in [1.54, 1.807) is 18.2 Å². The van der Waals surface area contributed by atoms with Crippen molar-refractivity contribution in [1.29, 1.82) is 0 Å². The quantitative estimate of drug-likeness (QED) is 0.693. The van der Waals surface area contributed by atoms with Gasteiger partial charge in [-0.3, -0.25) is 9.36 Å². The van der Waals surface area contributed by atoms with Gasteiger partial charge in [0.1, 0.15) is 5.82 Å². The van der Waals surface area contributed by atoms with E-state index < -0.39 is 12.1 Å². The van der Waals surface area contributed by atoms with Crippen molar-refractivity contribution in [3.8, 4) is 0 Å². The van der Waals surface area contributed by atoms with Crippen molar-refractivity contribution >= 4 is 28.6 Å².